The van der Waals surface area contributed by atoms with Gasteiger partial charge < -0.3 is 24.5 Å². The molecule has 0 bridgehead atoms. The molecule has 1 aromatic rings. The Hall–Kier alpha value is -2.06. The standard InChI is InChI=1S/C24H42N2O5Si/c1-17(25-21(27)29-16-19-14-12-11-13-15-19)20(31-32(9,10)24(6,7)8)18(2)26-22(28)30-23(3,4)5/h11-15,17-18,20H,16H2,1-10H3,(H,25,27)(H,26,28)/t17-,18+,20-/m0/s1. The van der Waals surface area contributed by atoms with E-state index >= 15 is 0 Å². The number of rotatable bonds is 8. The first-order valence-electron chi connectivity index (χ1n) is 11.2. The molecule has 0 aliphatic carbocycles. The van der Waals surface area contributed by atoms with Crippen LogP contribution in [0.1, 0.15) is 61.0 Å². The molecule has 1 rings (SSSR count). The fourth-order valence-corrected chi connectivity index (χ4v) is 4.20. The van der Waals surface area contributed by atoms with Crippen molar-refractivity contribution in [2.24, 2.45) is 0 Å². The molecule has 2 N–H and O–H groups in total. The van der Waals surface area contributed by atoms with Crippen LogP contribution < -0.4 is 10.6 Å². The van der Waals surface area contributed by atoms with Crippen LogP contribution in [0.4, 0.5) is 9.59 Å². The average molecular weight is 467 g/mol. The third-order valence-electron chi connectivity index (χ3n) is 5.53. The number of ether oxygens (including phenoxy) is 2. The van der Waals surface area contributed by atoms with Crippen LogP contribution in [0.2, 0.25) is 18.1 Å². The van der Waals surface area contributed by atoms with Crippen LogP contribution in [-0.2, 0) is 20.5 Å². The van der Waals surface area contributed by atoms with Crippen molar-refractivity contribution >= 4 is 20.5 Å². The van der Waals surface area contributed by atoms with Gasteiger partial charge in [0.15, 0.2) is 8.32 Å². The summed E-state index contributed by atoms with van der Waals surface area (Å²) < 4.78 is 17.4. The highest BCUT2D eigenvalue weighted by Gasteiger charge is 2.42. The maximum atomic E-state index is 12.4. The SMILES string of the molecule is C[C@H](NC(=O)OCc1ccccc1)[C@H](O[Si](C)(C)C(C)(C)C)[C@@H](C)NC(=O)OC(C)(C)C. The minimum atomic E-state index is -2.20. The van der Waals surface area contributed by atoms with Crippen molar-refractivity contribution in [1.82, 2.24) is 10.6 Å². The van der Waals surface area contributed by atoms with Crippen molar-refractivity contribution < 1.29 is 23.5 Å². The van der Waals surface area contributed by atoms with Gasteiger partial charge in [0.1, 0.15) is 12.2 Å². The predicted molar refractivity (Wildman–Crippen MR) is 130 cm³/mol. The van der Waals surface area contributed by atoms with Gasteiger partial charge in [0.2, 0.25) is 0 Å². The van der Waals surface area contributed by atoms with Gasteiger partial charge in [-0.2, -0.15) is 0 Å². The van der Waals surface area contributed by atoms with Crippen LogP contribution in [0.15, 0.2) is 30.3 Å². The molecule has 3 atom stereocenters. The van der Waals surface area contributed by atoms with E-state index in [0.29, 0.717) is 0 Å². The second-order valence-electron chi connectivity index (χ2n) is 10.8. The van der Waals surface area contributed by atoms with Crippen LogP contribution in [0.5, 0.6) is 0 Å². The van der Waals surface area contributed by atoms with Crippen LogP contribution in [0, 0.1) is 0 Å². The number of alkyl carbamates (subject to hydrolysis) is 2. The first-order chi connectivity index (χ1) is 14.5. The van der Waals surface area contributed by atoms with Gasteiger partial charge in [-0.1, -0.05) is 51.1 Å². The van der Waals surface area contributed by atoms with Crippen LogP contribution >= 0.6 is 0 Å². The number of amides is 2. The molecule has 0 saturated heterocycles. The van der Waals surface area contributed by atoms with Crippen molar-refractivity contribution in [3.8, 4) is 0 Å². The summed E-state index contributed by atoms with van der Waals surface area (Å²) in [5.41, 5.74) is 0.300. The summed E-state index contributed by atoms with van der Waals surface area (Å²) in [5, 5.41) is 5.70. The Kier molecular flexibility index (Phi) is 9.78. The van der Waals surface area contributed by atoms with E-state index in [4.69, 9.17) is 13.9 Å². The van der Waals surface area contributed by atoms with E-state index < -0.39 is 44.3 Å². The number of carbonyl (C=O) groups excluding carboxylic acids is 2. The van der Waals surface area contributed by atoms with Crippen molar-refractivity contribution in [3.05, 3.63) is 35.9 Å². The maximum Gasteiger partial charge on any atom is 0.407 e. The van der Waals surface area contributed by atoms with E-state index in [1.807, 2.05) is 65.0 Å². The molecule has 0 spiro atoms. The van der Waals surface area contributed by atoms with Crippen LogP contribution in [-0.4, -0.2) is 44.3 Å². The molecule has 0 aliphatic heterocycles. The third-order valence-corrected chi connectivity index (χ3v) is 10.00. The minimum Gasteiger partial charge on any atom is -0.445 e. The normalized spacial score (nSPS) is 15.3. The summed E-state index contributed by atoms with van der Waals surface area (Å²) >= 11 is 0. The molecular weight excluding hydrogens is 424 g/mol. The molecule has 182 valence electrons. The van der Waals surface area contributed by atoms with Gasteiger partial charge in [0.05, 0.1) is 18.2 Å². The lowest BCUT2D eigenvalue weighted by molar-refractivity contribution is 0.0414. The van der Waals surface area contributed by atoms with Crippen molar-refractivity contribution in [1.29, 1.82) is 0 Å². The van der Waals surface area contributed by atoms with E-state index in [1.165, 1.54) is 0 Å². The Morgan fingerprint density at radius 3 is 1.88 bits per heavy atom. The summed E-state index contributed by atoms with van der Waals surface area (Å²) in [6.45, 7) is 20.1. The zero-order valence-corrected chi connectivity index (χ0v) is 22.4. The minimum absolute atomic E-state index is 0.0373. The summed E-state index contributed by atoms with van der Waals surface area (Å²) in [4.78, 5) is 24.8. The smallest absolute Gasteiger partial charge is 0.407 e. The molecule has 0 heterocycles. The fraction of sp³-hybridized carbons (Fsp3) is 0.667. The molecule has 32 heavy (non-hydrogen) atoms. The van der Waals surface area contributed by atoms with E-state index in [2.05, 4.69) is 44.5 Å². The van der Waals surface area contributed by atoms with Gasteiger partial charge in [0, 0.05) is 0 Å². The molecule has 0 aromatic heterocycles. The Balaban J connectivity index is 2.90. The Morgan fingerprint density at radius 1 is 0.906 bits per heavy atom. The van der Waals surface area contributed by atoms with E-state index in [9.17, 15) is 9.59 Å². The zero-order chi connectivity index (χ0) is 24.7. The summed E-state index contributed by atoms with van der Waals surface area (Å²) in [6.07, 6.45) is -1.52. The zero-order valence-electron chi connectivity index (χ0n) is 21.4. The highest BCUT2D eigenvalue weighted by Crippen LogP contribution is 2.38. The van der Waals surface area contributed by atoms with E-state index in [1.54, 1.807) is 0 Å². The summed E-state index contributed by atoms with van der Waals surface area (Å²) in [6, 6.07) is 8.69. The molecule has 8 heteroatoms. The molecular formula is C24H42N2O5Si. The van der Waals surface area contributed by atoms with Gasteiger partial charge in [-0.15, -0.1) is 0 Å². The number of hydrogen-bond donors (Lipinski definition) is 2. The summed E-state index contributed by atoms with van der Waals surface area (Å²) in [7, 11) is -2.20. The summed E-state index contributed by atoms with van der Waals surface area (Å²) in [5.74, 6) is 0. The molecule has 2 amide bonds. The number of nitrogens with one attached hydrogen (secondary N) is 2. The van der Waals surface area contributed by atoms with Crippen LogP contribution in [0.25, 0.3) is 0 Å². The Morgan fingerprint density at radius 2 is 1.41 bits per heavy atom. The highest BCUT2D eigenvalue weighted by molar-refractivity contribution is 6.74. The van der Waals surface area contributed by atoms with Gasteiger partial charge in [-0.3, -0.25) is 0 Å². The highest BCUT2D eigenvalue weighted by atomic mass is 28.4. The lowest BCUT2D eigenvalue weighted by Crippen LogP contribution is -2.58. The lowest BCUT2D eigenvalue weighted by atomic mass is 10.1. The van der Waals surface area contributed by atoms with Crippen molar-refractivity contribution in [2.45, 2.75) is 104 Å². The number of hydrogen-bond acceptors (Lipinski definition) is 5. The quantitative estimate of drug-likeness (QED) is 0.487. The molecule has 0 unspecified atom stereocenters. The third kappa shape index (κ3) is 9.61. The molecule has 1 aromatic carbocycles. The molecule has 0 fully saturated rings. The number of benzene rings is 1. The van der Waals surface area contributed by atoms with Crippen LogP contribution in [0.3, 0.4) is 0 Å². The van der Waals surface area contributed by atoms with Crippen molar-refractivity contribution in [3.63, 3.8) is 0 Å². The first kappa shape index (κ1) is 28.0. The fourth-order valence-electron chi connectivity index (χ4n) is 2.76. The first-order valence-corrected chi connectivity index (χ1v) is 14.1. The monoisotopic (exact) mass is 466 g/mol. The molecule has 7 nitrogen and oxygen atoms in total. The van der Waals surface area contributed by atoms with E-state index in [-0.39, 0.29) is 11.6 Å². The maximum absolute atomic E-state index is 12.4. The predicted octanol–water partition coefficient (Wildman–Crippen LogP) is 5.60. The second kappa shape index (κ2) is 11.2. The van der Waals surface area contributed by atoms with Gasteiger partial charge >= 0.3 is 12.2 Å². The molecule has 0 saturated carbocycles. The van der Waals surface area contributed by atoms with E-state index in [0.717, 1.165) is 5.56 Å². The Labute approximate surface area is 194 Å². The average Bonchev–Trinajstić information content (AvgIpc) is 2.62. The topological polar surface area (TPSA) is 85.9 Å². The number of carbonyl (C=O) groups is 2. The van der Waals surface area contributed by atoms with Gasteiger partial charge in [0.25, 0.3) is 0 Å². The largest absolute Gasteiger partial charge is 0.445 e. The molecule has 0 radical (unpaired) electrons. The van der Waals surface area contributed by atoms with Gasteiger partial charge in [-0.05, 0) is 58.3 Å². The van der Waals surface area contributed by atoms with Gasteiger partial charge in [-0.25, -0.2) is 9.59 Å². The second-order valence-corrected chi connectivity index (χ2v) is 15.5. The molecule has 0 aliphatic rings. The van der Waals surface area contributed by atoms with Crippen molar-refractivity contribution in [2.75, 3.05) is 0 Å². The lowest BCUT2D eigenvalue weighted by Gasteiger charge is -2.42. The Bertz CT molecular complexity index is 741.